The van der Waals surface area contributed by atoms with E-state index in [9.17, 15) is 4.79 Å². The third-order valence-corrected chi connectivity index (χ3v) is 3.69. The van der Waals surface area contributed by atoms with Gasteiger partial charge in [-0.05, 0) is 22.8 Å². The van der Waals surface area contributed by atoms with E-state index in [4.69, 9.17) is 10.5 Å². The predicted octanol–water partition coefficient (Wildman–Crippen LogP) is 2.45. The molecule has 0 aliphatic carbocycles. The summed E-state index contributed by atoms with van der Waals surface area (Å²) in [6, 6.07) is 11.8. The van der Waals surface area contributed by atoms with Crippen LogP contribution < -0.4 is 15.8 Å². The lowest BCUT2D eigenvalue weighted by atomic mass is 10.0. The number of carbonyl (C=O) groups is 1. The lowest BCUT2D eigenvalue weighted by Crippen LogP contribution is -2.44. The second kappa shape index (κ2) is 6.59. The highest BCUT2D eigenvalue weighted by atomic mass is 16.5. The molecular weight excluding hydrogens is 264 g/mol. The molecule has 0 heterocycles. The summed E-state index contributed by atoms with van der Waals surface area (Å²) in [5.74, 6) is 0.626. The van der Waals surface area contributed by atoms with E-state index in [1.165, 1.54) is 0 Å². The summed E-state index contributed by atoms with van der Waals surface area (Å²) in [5, 5.41) is 5.52. The Morgan fingerprint density at radius 2 is 1.95 bits per heavy atom. The summed E-state index contributed by atoms with van der Waals surface area (Å²) in [6.07, 6.45) is 0. The number of benzene rings is 2. The highest BCUT2D eigenvalue weighted by molar-refractivity contribution is 5.88. The standard InChI is InChI=1S/C17H22N2O2/c1-11(2)16(17(18)20)19-10-14-13-7-5-4-6-12(13)8-9-15(14)21-3/h4-9,11,16,19H,10H2,1-3H3,(H2,18,20). The Kier molecular flexibility index (Phi) is 4.81. The third kappa shape index (κ3) is 3.34. The lowest BCUT2D eigenvalue weighted by Gasteiger charge is -2.20. The molecule has 0 fully saturated rings. The van der Waals surface area contributed by atoms with Crippen molar-refractivity contribution in [2.45, 2.75) is 26.4 Å². The number of carbonyl (C=O) groups excluding carboxylic acids is 1. The van der Waals surface area contributed by atoms with Crippen LogP contribution in [0.2, 0.25) is 0 Å². The van der Waals surface area contributed by atoms with Gasteiger partial charge < -0.3 is 15.8 Å². The zero-order valence-electron chi connectivity index (χ0n) is 12.7. The Labute approximate surface area is 125 Å². The van der Waals surface area contributed by atoms with Gasteiger partial charge in [-0.2, -0.15) is 0 Å². The fourth-order valence-electron chi connectivity index (χ4n) is 2.57. The molecule has 0 saturated carbocycles. The number of hydrogen-bond donors (Lipinski definition) is 2. The van der Waals surface area contributed by atoms with Crippen LogP contribution in [0.25, 0.3) is 10.8 Å². The van der Waals surface area contributed by atoms with Crippen molar-refractivity contribution >= 4 is 16.7 Å². The molecule has 0 aliphatic heterocycles. The molecule has 1 amide bonds. The van der Waals surface area contributed by atoms with Crippen LogP contribution in [0, 0.1) is 5.92 Å². The third-order valence-electron chi connectivity index (χ3n) is 3.69. The Hall–Kier alpha value is -2.07. The molecule has 0 aromatic heterocycles. The quantitative estimate of drug-likeness (QED) is 0.857. The summed E-state index contributed by atoms with van der Waals surface area (Å²) in [6.45, 7) is 4.49. The van der Waals surface area contributed by atoms with Gasteiger partial charge in [-0.15, -0.1) is 0 Å². The Balaban J connectivity index is 2.34. The first-order valence-corrected chi connectivity index (χ1v) is 7.12. The summed E-state index contributed by atoms with van der Waals surface area (Å²) < 4.78 is 5.45. The van der Waals surface area contributed by atoms with Gasteiger partial charge >= 0.3 is 0 Å². The second-order valence-electron chi connectivity index (χ2n) is 5.47. The van der Waals surface area contributed by atoms with E-state index in [2.05, 4.69) is 17.4 Å². The number of fused-ring (bicyclic) bond motifs is 1. The van der Waals surface area contributed by atoms with Crippen LogP contribution in [-0.2, 0) is 11.3 Å². The summed E-state index contributed by atoms with van der Waals surface area (Å²) in [5.41, 5.74) is 6.50. The van der Waals surface area contributed by atoms with Gasteiger partial charge in [0.15, 0.2) is 0 Å². The van der Waals surface area contributed by atoms with Gasteiger partial charge in [0, 0.05) is 12.1 Å². The molecule has 0 radical (unpaired) electrons. The van der Waals surface area contributed by atoms with E-state index in [0.29, 0.717) is 6.54 Å². The smallest absolute Gasteiger partial charge is 0.234 e. The molecule has 0 bridgehead atoms. The van der Waals surface area contributed by atoms with Crippen LogP contribution in [0.1, 0.15) is 19.4 Å². The molecule has 21 heavy (non-hydrogen) atoms. The van der Waals surface area contributed by atoms with E-state index in [-0.39, 0.29) is 17.9 Å². The van der Waals surface area contributed by atoms with Gasteiger partial charge in [-0.1, -0.05) is 44.2 Å². The maximum Gasteiger partial charge on any atom is 0.234 e. The van der Waals surface area contributed by atoms with Crippen molar-refractivity contribution < 1.29 is 9.53 Å². The van der Waals surface area contributed by atoms with E-state index in [1.807, 2.05) is 38.1 Å². The van der Waals surface area contributed by atoms with Crippen LogP contribution >= 0.6 is 0 Å². The molecule has 4 nitrogen and oxygen atoms in total. The molecule has 0 saturated heterocycles. The number of nitrogens with one attached hydrogen (secondary N) is 1. The van der Waals surface area contributed by atoms with Crippen molar-refractivity contribution in [2.75, 3.05) is 7.11 Å². The van der Waals surface area contributed by atoms with Crippen molar-refractivity contribution in [2.24, 2.45) is 11.7 Å². The number of nitrogens with two attached hydrogens (primary N) is 1. The highest BCUT2D eigenvalue weighted by Crippen LogP contribution is 2.28. The van der Waals surface area contributed by atoms with Gasteiger partial charge in [0.2, 0.25) is 5.91 Å². The molecule has 2 rings (SSSR count). The number of methoxy groups -OCH3 is 1. The van der Waals surface area contributed by atoms with Crippen molar-refractivity contribution in [3.05, 3.63) is 42.0 Å². The minimum atomic E-state index is -0.353. The van der Waals surface area contributed by atoms with Crippen molar-refractivity contribution in [3.8, 4) is 5.75 Å². The molecule has 1 atom stereocenters. The van der Waals surface area contributed by atoms with Crippen LogP contribution in [0.3, 0.4) is 0 Å². The van der Waals surface area contributed by atoms with Gasteiger partial charge in [0.25, 0.3) is 0 Å². The summed E-state index contributed by atoms with van der Waals surface area (Å²) in [7, 11) is 1.65. The zero-order chi connectivity index (χ0) is 15.4. The van der Waals surface area contributed by atoms with E-state index >= 15 is 0 Å². The largest absolute Gasteiger partial charge is 0.496 e. The normalized spacial score (nSPS) is 12.6. The topological polar surface area (TPSA) is 64.3 Å². The number of ether oxygens (including phenoxy) is 1. The number of rotatable bonds is 6. The SMILES string of the molecule is COc1ccc2ccccc2c1CNC(C(N)=O)C(C)C. The second-order valence-corrected chi connectivity index (χ2v) is 5.47. The highest BCUT2D eigenvalue weighted by Gasteiger charge is 2.19. The van der Waals surface area contributed by atoms with Crippen LogP contribution in [0.4, 0.5) is 0 Å². The Morgan fingerprint density at radius 1 is 1.24 bits per heavy atom. The average molecular weight is 286 g/mol. The van der Waals surface area contributed by atoms with Crippen molar-refractivity contribution in [3.63, 3.8) is 0 Å². The van der Waals surface area contributed by atoms with E-state index in [0.717, 1.165) is 22.1 Å². The van der Waals surface area contributed by atoms with Gasteiger partial charge in [-0.3, -0.25) is 4.79 Å². The molecule has 0 aliphatic rings. The monoisotopic (exact) mass is 286 g/mol. The minimum Gasteiger partial charge on any atom is -0.496 e. The molecule has 2 aromatic carbocycles. The minimum absolute atomic E-state index is 0.142. The first-order valence-electron chi connectivity index (χ1n) is 7.12. The molecule has 3 N–H and O–H groups in total. The van der Waals surface area contributed by atoms with E-state index < -0.39 is 0 Å². The van der Waals surface area contributed by atoms with Gasteiger partial charge in [-0.25, -0.2) is 0 Å². The number of amides is 1. The average Bonchev–Trinajstić information content (AvgIpc) is 2.46. The summed E-state index contributed by atoms with van der Waals surface area (Å²) >= 11 is 0. The maximum absolute atomic E-state index is 11.5. The predicted molar refractivity (Wildman–Crippen MR) is 85.2 cm³/mol. The fraction of sp³-hybridized carbons (Fsp3) is 0.353. The Bertz CT molecular complexity index is 638. The zero-order valence-corrected chi connectivity index (χ0v) is 12.7. The van der Waals surface area contributed by atoms with Crippen LogP contribution in [0.5, 0.6) is 5.75 Å². The maximum atomic E-state index is 11.5. The molecular formula is C17H22N2O2. The van der Waals surface area contributed by atoms with Crippen LogP contribution in [0.15, 0.2) is 36.4 Å². The number of primary amides is 1. The van der Waals surface area contributed by atoms with Gasteiger partial charge in [0.1, 0.15) is 5.75 Å². The van der Waals surface area contributed by atoms with Crippen molar-refractivity contribution in [1.82, 2.24) is 5.32 Å². The number of hydrogen-bond acceptors (Lipinski definition) is 3. The molecule has 4 heteroatoms. The lowest BCUT2D eigenvalue weighted by molar-refractivity contribution is -0.121. The van der Waals surface area contributed by atoms with Gasteiger partial charge in [0.05, 0.1) is 13.2 Å². The molecule has 112 valence electrons. The van der Waals surface area contributed by atoms with E-state index in [1.54, 1.807) is 7.11 Å². The fourth-order valence-corrected chi connectivity index (χ4v) is 2.57. The van der Waals surface area contributed by atoms with Crippen LogP contribution in [-0.4, -0.2) is 19.1 Å². The first-order chi connectivity index (χ1) is 10.0. The Morgan fingerprint density at radius 3 is 2.57 bits per heavy atom. The molecule has 2 aromatic rings. The summed E-state index contributed by atoms with van der Waals surface area (Å²) in [4.78, 5) is 11.5. The van der Waals surface area contributed by atoms with Crippen molar-refractivity contribution in [1.29, 1.82) is 0 Å². The molecule has 1 unspecified atom stereocenters. The molecule has 0 spiro atoms. The first kappa shape index (κ1) is 15.3.